The molecule has 5 heteroatoms. The molecular weight excluding hydrogens is 297 g/mol. The molecule has 0 amide bonds. The van der Waals surface area contributed by atoms with Gasteiger partial charge >= 0.3 is 0 Å². The van der Waals surface area contributed by atoms with Crippen molar-refractivity contribution in [3.05, 3.63) is 71.1 Å². The zero-order valence-electron chi connectivity index (χ0n) is 11.1. The first-order valence-corrected chi connectivity index (χ1v) is 7.24. The summed E-state index contributed by atoms with van der Waals surface area (Å²) in [7, 11) is 0. The molecule has 0 saturated carbocycles. The number of benzene rings is 2. The highest BCUT2D eigenvalue weighted by Crippen LogP contribution is 2.17. The van der Waals surface area contributed by atoms with Crippen molar-refractivity contribution >= 4 is 23.6 Å². The predicted octanol–water partition coefficient (Wildman–Crippen LogP) is 4.72. The van der Waals surface area contributed by atoms with Crippen LogP contribution in [0.3, 0.4) is 0 Å². The van der Waals surface area contributed by atoms with Gasteiger partial charge in [-0.2, -0.15) is 0 Å². The van der Waals surface area contributed by atoms with Crippen LogP contribution in [0.25, 0.3) is 6.08 Å². The van der Waals surface area contributed by atoms with E-state index >= 15 is 0 Å². The van der Waals surface area contributed by atoms with Crippen molar-refractivity contribution in [2.24, 2.45) is 0 Å². The first-order valence-electron chi connectivity index (χ1n) is 6.02. The third-order valence-corrected chi connectivity index (χ3v) is 3.55. The second-order valence-corrected chi connectivity index (χ2v) is 5.10. The van der Waals surface area contributed by atoms with Crippen molar-refractivity contribution in [1.29, 1.82) is 0 Å². The zero-order chi connectivity index (χ0) is 15.4. The van der Waals surface area contributed by atoms with E-state index < -0.39 is 17.5 Å². The highest BCUT2D eigenvalue weighted by Gasteiger charge is 2.09. The molecule has 0 unspecified atom stereocenters. The van der Waals surface area contributed by atoms with Gasteiger partial charge in [-0.05, 0) is 48.7 Å². The molecule has 0 radical (unpaired) electrons. The first kappa shape index (κ1) is 15.4. The average molecular weight is 308 g/mol. The van der Waals surface area contributed by atoms with Crippen LogP contribution in [0.4, 0.5) is 13.2 Å². The number of rotatable bonds is 4. The van der Waals surface area contributed by atoms with Crippen molar-refractivity contribution in [3.63, 3.8) is 0 Å². The molecule has 2 aromatic rings. The van der Waals surface area contributed by atoms with Gasteiger partial charge < -0.3 is 0 Å². The zero-order valence-corrected chi connectivity index (χ0v) is 11.9. The van der Waals surface area contributed by atoms with Crippen LogP contribution in [0.15, 0.2) is 47.4 Å². The lowest BCUT2D eigenvalue weighted by Crippen LogP contribution is -1.95. The number of ketones is 1. The molecular formula is C16H11F3OS. The number of carbonyl (C=O) groups excluding carboxylic acids is 1. The predicted molar refractivity (Wildman–Crippen MR) is 77.9 cm³/mol. The van der Waals surface area contributed by atoms with E-state index in [1.807, 2.05) is 6.26 Å². The molecule has 0 N–H and O–H groups in total. The van der Waals surface area contributed by atoms with Gasteiger partial charge in [0.1, 0.15) is 5.82 Å². The lowest BCUT2D eigenvalue weighted by molar-refractivity contribution is 0.104. The van der Waals surface area contributed by atoms with Gasteiger partial charge in [-0.25, -0.2) is 13.2 Å². The molecule has 0 atom stereocenters. The SMILES string of the molecule is CSc1ccc(C(=O)/C=C/c2cc(F)cc(F)c2F)cc1. The summed E-state index contributed by atoms with van der Waals surface area (Å²) in [5.41, 5.74) is 0.114. The smallest absolute Gasteiger partial charge is 0.185 e. The van der Waals surface area contributed by atoms with E-state index in [0.717, 1.165) is 23.1 Å². The molecule has 0 aromatic heterocycles. The summed E-state index contributed by atoms with van der Waals surface area (Å²) in [6.45, 7) is 0. The lowest BCUT2D eigenvalue weighted by Gasteiger charge is -2.00. The Morgan fingerprint density at radius 1 is 1.10 bits per heavy atom. The van der Waals surface area contributed by atoms with Crippen molar-refractivity contribution in [3.8, 4) is 0 Å². The Kier molecular flexibility index (Phi) is 4.85. The summed E-state index contributed by atoms with van der Waals surface area (Å²) in [6, 6.07) is 8.14. The molecule has 2 aromatic carbocycles. The van der Waals surface area contributed by atoms with E-state index in [4.69, 9.17) is 0 Å². The number of allylic oxidation sites excluding steroid dienone is 1. The third kappa shape index (κ3) is 3.76. The Labute approximate surface area is 124 Å². The standard InChI is InChI=1S/C16H11F3OS/c1-21-13-5-2-10(3-6-13)15(20)7-4-11-8-12(17)9-14(18)16(11)19/h2-9H,1H3/b7-4+. The minimum Gasteiger partial charge on any atom is -0.289 e. The summed E-state index contributed by atoms with van der Waals surface area (Å²) < 4.78 is 39.5. The van der Waals surface area contributed by atoms with Crippen LogP contribution in [0.2, 0.25) is 0 Å². The summed E-state index contributed by atoms with van der Waals surface area (Å²) in [5.74, 6) is -3.73. The normalized spacial score (nSPS) is 11.0. The molecule has 108 valence electrons. The van der Waals surface area contributed by atoms with Crippen molar-refractivity contribution in [2.45, 2.75) is 4.90 Å². The lowest BCUT2D eigenvalue weighted by atomic mass is 10.1. The maximum atomic E-state index is 13.4. The summed E-state index contributed by atoms with van der Waals surface area (Å²) in [6.07, 6.45) is 4.07. The first-order chi connectivity index (χ1) is 10.0. The molecule has 0 aliphatic rings. The van der Waals surface area contributed by atoms with Crippen LogP contribution >= 0.6 is 11.8 Å². The summed E-state index contributed by atoms with van der Waals surface area (Å²) in [5, 5.41) is 0. The molecule has 0 bridgehead atoms. The number of thioether (sulfide) groups is 1. The fourth-order valence-electron chi connectivity index (χ4n) is 1.71. The van der Waals surface area contributed by atoms with Gasteiger partial charge in [0, 0.05) is 22.1 Å². The Morgan fingerprint density at radius 3 is 2.38 bits per heavy atom. The molecule has 0 spiro atoms. The Morgan fingerprint density at radius 2 is 1.76 bits per heavy atom. The fourth-order valence-corrected chi connectivity index (χ4v) is 2.12. The van der Waals surface area contributed by atoms with E-state index in [0.29, 0.717) is 11.6 Å². The van der Waals surface area contributed by atoms with Gasteiger partial charge in [-0.1, -0.05) is 0 Å². The summed E-state index contributed by atoms with van der Waals surface area (Å²) >= 11 is 1.54. The fraction of sp³-hybridized carbons (Fsp3) is 0.0625. The highest BCUT2D eigenvalue weighted by atomic mass is 32.2. The Hall–Kier alpha value is -2.01. The Balaban J connectivity index is 2.22. The molecule has 0 saturated heterocycles. The maximum absolute atomic E-state index is 13.4. The molecule has 21 heavy (non-hydrogen) atoms. The van der Waals surface area contributed by atoms with Crippen LogP contribution in [0.5, 0.6) is 0 Å². The van der Waals surface area contributed by atoms with Crippen molar-refractivity contribution in [2.75, 3.05) is 6.26 Å². The second-order valence-electron chi connectivity index (χ2n) is 4.22. The highest BCUT2D eigenvalue weighted by molar-refractivity contribution is 7.98. The quantitative estimate of drug-likeness (QED) is 0.352. The second kappa shape index (κ2) is 6.63. The number of hydrogen-bond donors (Lipinski definition) is 0. The van der Waals surface area contributed by atoms with Crippen LogP contribution in [-0.2, 0) is 0 Å². The number of carbonyl (C=O) groups is 1. The third-order valence-electron chi connectivity index (χ3n) is 2.81. The topological polar surface area (TPSA) is 17.1 Å². The van der Waals surface area contributed by atoms with E-state index in [1.165, 1.54) is 0 Å². The van der Waals surface area contributed by atoms with E-state index in [2.05, 4.69) is 0 Å². The van der Waals surface area contributed by atoms with Crippen LogP contribution in [-0.4, -0.2) is 12.0 Å². The molecule has 0 aliphatic carbocycles. The Bertz CT molecular complexity index is 693. The average Bonchev–Trinajstić information content (AvgIpc) is 2.49. The minimum atomic E-state index is -1.29. The van der Waals surface area contributed by atoms with Gasteiger partial charge in [0.05, 0.1) is 0 Å². The van der Waals surface area contributed by atoms with E-state index in [1.54, 1.807) is 36.0 Å². The molecule has 2 rings (SSSR count). The molecule has 0 heterocycles. The number of halogens is 3. The van der Waals surface area contributed by atoms with Gasteiger partial charge in [0.25, 0.3) is 0 Å². The molecule has 0 fully saturated rings. The largest absolute Gasteiger partial charge is 0.289 e. The van der Waals surface area contributed by atoms with Crippen molar-refractivity contribution in [1.82, 2.24) is 0 Å². The van der Waals surface area contributed by atoms with Gasteiger partial charge in [0.15, 0.2) is 17.4 Å². The summed E-state index contributed by atoms with van der Waals surface area (Å²) in [4.78, 5) is 12.9. The van der Waals surface area contributed by atoms with Gasteiger partial charge in [0.2, 0.25) is 0 Å². The van der Waals surface area contributed by atoms with E-state index in [9.17, 15) is 18.0 Å². The number of hydrogen-bond acceptors (Lipinski definition) is 2. The van der Waals surface area contributed by atoms with Crippen molar-refractivity contribution < 1.29 is 18.0 Å². The van der Waals surface area contributed by atoms with Crippen LogP contribution < -0.4 is 0 Å². The monoisotopic (exact) mass is 308 g/mol. The molecule has 0 aliphatic heterocycles. The maximum Gasteiger partial charge on any atom is 0.185 e. The van der Waals surface area contributed by atoms with Crippen LogP contribution in [0, 0.1) is 17.5 Å². The minimum absolute atomic E-state index is 0.304. The van der Waals surface area contributed by atoms with Crippen LogP contribution in [0.1, 0.15) is 15.9 Å². The van der Waals surface area contributed by atoms with Gasteiger partial charge in [-0.3, -0.25) is 4.79 Å². The van der Waals surface area contributed by atoms with Gasteiger partial charge in [-0.15, -0.1) is 11.8 Å². The molecule has 1 nitrogen and oxygen atoms in total. The van der Waals surface area contributed by atoms with E-state index in [-0.39, 0.29) is 11.3 Å².